The van der Waals surface area contributed by atoms with E-state index in [-0.39, 0.29) is 5.82 Å². The Labute approximate surface area is 108 Å². The van der Waals surface area contributed by atoms with E-state index in [0.717, 1.165) is 36.8 Å². The lowest BCUT2D eigenvalue weighted by atomic mass is 10.1. The zero-order valence-corrected chi connectivity index (χ0v) is 11.4. The first-order valence-corrected chi connectivity index (χ1v) is 6.59. The summed E-state index contributed by atoms with van der Waals surface area (Å²) >= 11 is 0. The lowest BCUT2D eigenvalue weighted by molar-refractivity contribution is 0.629. The topological polar surface area (TPSA) is 17.0 Å². The van der Waals surface area contributed by atoms with Gasteiger partial charge in [0, 0.05) is 23.6 Å². The Hall–Kier alpha value is -1.35. The van der Waals surface area contributed by atoms with Gasteiger partial charge in [0.05, 0.1) is 0 Å². The molecule has 0 radical (unpaired) electrons. The fourth-order valence-corrected chi connectivity index (χ4v) is 2.50. The molecule has 0 spiro atoms. The van der Waals surface area contributed by atoms with E-state index in [1.807, 2.05) is 13.1 Å². The average molecular weight is 248 g/mol. The fourth-order valence-electron chi connectivity index (χ4n) is 2.50. The lowest BCUT2D eigenvalue weighted by Gasteiger charge is -2.03. The summed E-state index contributed by atoms with van der Waals surface area (Å²) in [6, 6.07) is 5.06. The van der Waals surface area contributed by atoms with Crippen molar-refractivity contribution in [1.29, 1.82) is 0 Å². The third-order valence-electron chi connectivity index (χ3n) is 3.62. The number of hydrogen-bond donors (Lipinski definition) is 1. The number of hydrogen-bond acceptors (Lipinski definition) is 1. The molecule has 1 aromatic heterocycles. The summed E-state index contributed by atoms with van der Waals surface area (Å²) in [7, 11) is 2.05. The van der Waals surface area contributed by atoms with E-state index >= 15 is 0 Å². The van der Waals surface area contributed by atoms with Crippen molar-refractivity contribution in [2.45, 2.75) is 26.7 Å². The van der Waals surface area contributed by atoms with Gasteiger partial charge in [-0.1, -0.05) is 6.92 Å². The summed E-state index contributed by atoms with van der Waals surface area (Å²) in [6.45, 7) is 6.24. The Morgan fingerprint density at radius 3 is 2.83 bits per heavy atom. The first-order valence-electron chi connectivity index (χ1n) is 6.59. The van der Waals surface area contributed by atoms with E-state index in [0.29, 0.717) is 0 Å². The molecule has 0 fully saturated rings. The van der Waals surface area contributed by atoms with Crippen LogP contribution in [0.25, 0.3) is 10.9 Å². The molecule has 1 aromatic carbocycles. The fraction of sp³-hybridized carbons (Fsp3) is 0.467. The van der Waals surface area contributed by atoms with Gasteiger partial charge >= 0.3 is 0 Å². The van der Waals surface area contributed by atoms with Crippen molar-refractivity contribution in [2.75, 3.05) is 13.1 Å². The van der Waals surface area contributed by atoms with Crippen LogP contribution >= 0.6 is 0 Å². The van der Waals surface area contributed by atoms with E-state index in [1.54, 1.807) is 6.07 Å². The van der Waals surface area contributed by atoms with Gasteiger partial charge < -0.3 is 9.88 Å². The van der Waals surface area contributed by atoms with E-state index in [2.05, 4.69) is 23.7 Å². The molecule has 18 heavy (non-hydrogen) atoms. The Kier molecular flexibility index (Phi) is 4.02. The van der Waals surface area contributed by atoms with Crippen LogP contribution in [0.2, 0.25) is 0 Å². The van der Waals surface area contributed by atoms with Gasteiger partial charge in [-0.3, -0.25) is 0 Å². The Morgan fingerprint density at radius 2 is 2.11 bits per heavy atom. The van der Waals surface area contributed by atoms with Gasteiger partial charge in [-0.15, -0.1) is 0 Å². The van der Waals surface area contributed by atoms with Crippen LogP contribution in [-0.4, -0.2) is 17.7 Å². The van der Waals surface area contributed by atoms with Gasteiger partial charge in [-0.25, -0.2) is 4.39 Å². The van der Waals surface area contributed by atoms with Crippen molar-refractivity contribution in [3.63, 3.8) is 0 Å². The van der Waals surface area contributed by atoms with Crippen LogP contribution in [0, 0.1) is 12.7 Å². The second kappa shape index (κ2) is 5.53. The average Bonchev–Trinajstić information content (AvgIpc) is 2.59. The van der Waals surface area contributed by atoms with Crippen LogP contribution in [0.15, 0.2) is 18.2 Å². The van der Waals surface area contributed by atoms with Crippen molar-refractivity contribution in [3.8, 4) is 0 Å². The lowest BCUT2D eigenvalue weighted by Crippen LogP contribution is -2.14. The van der Waals surface area contributed by atoms with Crippen molar-refractivity contribution in [3.05, 3.63) is 35.3 Å². The van der Waals surface area contributed by atoms with E-state index in [9.17, 15) is 4.39 Å². The zero-order valence-electron chi connectivity index (χ0n) is 11.4. The molecule has 2 rings (SSSR count). The number of nitrogens with one attached hydrogen (secondary N) is 1. The highest BCUT2D eigenvalue weighted by Crippen LogP contribution is 2.26. The molecule has 0 aliphatic rings. The highest BCUT2D eigenvalue weighted by Gasteiger charge is 2.11. The molecule has 0 unspecified atom stereocenters. The minimum Gasteiger partial charge on any atom is -0.348 e. The molecular formula is C15H21FN2. The Balaban J connectivity index is 2.30. The second-order valence-electron chi connectivity index (χ2n) is 4.74. The molecule has 0 bridgehead atoms. The maximum absolute atomic E-state index is 13.4. The maximum atomic E-state index is 13.4. The van der Waals surface area contributed by atoms with Crippen LogP contribution in [0.3, 0.4) is 0 Å². The van der Waals surface area contributed by atoms with Crippen molar-refractivity contribution in [1.82, 2.24) is 9.88 Å². The highest BCUT2D eigenvalue weighted by atomic mass is 19.1. The van der Waals surface area contributed by atoms with Crippen LogP contribution in [0.4, 0.5) is 4.39 Å². The third kappa shape index (κ3) is 2.41. The van der Waals surface area contributed by atoms with Crippen LogP contribution in [0.5, 0.6) is 0 Å². The summed E-state index contributed by atoms with van der Waals surface area (Å²) in [5.74, 6) is -0.152. The molecule has 0 saturated heterocycles. The third-order valence-corrected chi connectivity index (χ3v) is 3.62. The number of rotatable bonds is 5. The predicted molar refractivity (Wildman–Crippen MR) is 74.5 cm³/mol. The monoisotopic (exact) mass is 248 g/mol. The second-order valence-corrected chi connectivity index (χ2v) is 4.74. The van der Waals surface area contributed by atoms with E-state index in [4.69, 9.17) is 0 Å². The molecule has 0 saturated carbocycles. The molecule has 0 aliphatic carbocycles. The smallest absolute Gasteiger partial charge is 0.123 e. The normalized spacial score (nSPS) is 11.3. The van der Waals surface area contributed by atoms with Crippen molar-refractivity contribution >= 4 is 10.9 Å². The van der Waals surface area contributed by atoms with Crippen LogP contribution in [0.1, 0.15) is 24.6 Å². The Morgan fingerprint density at radius 1 is 1.33 bits per heavy atom. The molecule has 0 atom stereocenters. The van der Waals surface area contributed by atoms with E-state index < -0.39 is 0 Å². The first kappa shape index (κ1) is 13.1. The molecule has 2 aromatic rings. The minimum absolute atomic E-state index is 0.152. The molecule has 0 amide bonds. The molecule has 1 N–H and O–H groups in total. The van der Waals surface area contributed by atoms with Gasteiger partial charge in [0.1, 0.15) is 5.82 Å². The van der Waals surface area contributed by atoms with Crippen molar-refractivity contribution in [2.24, 2.45) is 7.05 Å². The van der Waals surface area contributed by atoms with Crippen LogP contribution < -0.4 is 5.32 Å². The summed E-state index contributed by atoms with van der Waals surface area (Å²) in [4.78, 5) is 0. The number of nitrogens with zero attached hydrogens (tertiary/aromatic N) is 1. The predicted octanol–water partition coefficient (Wildman–Crippen LogP) is 3.17. The van der Waals surface area contributed by atoms with Gasteiger partial charge in [0.25, 0.3) is 0 Å². The largest absolute Gasteiger partial charge is 0.348 e. The molecular weight excluding hydrogens is 227 g/mol. The van der Waals surface area contributed by atoms with Crippen LogP contribution in [-0.2, 0) is 13.5 Å². The summed E-state index contributed by atoms with van der Waals surface area (Å²) in [5.41, 5.74) is 3.64. The molecule has 0 aliphatic heterocycles. The maximum Gasteiger partial charge on any atom is 0.123 e. The van der Waals surface area contributed by atoms with Gasteiger partial charge in [0.2, 0.25) is 0 Å². The van der Waals surface area contributed by atoms with Crippen molar-refractivity contribution < 1.29 is 4.39 Å². The van der Waals surface area contributed by atoms with Gasteiger partial charge in [-0.2, -0.15) is 0 Å². The summed E-state index contributed by atoms with van der Waals surface area (Å²) in [6.07, 6.45) is 2.09. The molecule has 3 heteroatoms. The number of benzene rings is 1. The SMILES string of the molecule is CCNCCCc1c(C)n(C)c2ccc(F)cc12. The highest BCUT2D eigenvalue weighted by molar-refractivity contribution is 5.85. The molecule has 2 nitrogen and oxygen atoms in total. The standard InChI is InChI=1S/C15H21FN2/c1-4-17-9-5-6-13-11(2)18(3)15-8-7-12(16)10-14(13)15/h7-8,10,17H,4-6,9H2,1-3H3. The minimum atomic E-state index is -0.152. The first-order chi connectivity index (χ1) is 8.65. The van der Waals surface area contributed by atoms with Gasteiger partial charge in [-0.05, 0) is 56.6 Å². The summed E-state index contributed by atoms with van der Waals surface area (Å²) in [5, 5.41) is 4.38. The number of fused-ring (bicyclic) bond motifs is 1. The number of halogens is 1. The molecule has 98 valence electrons. The molecule has 1 heterocycles. The number of aryl methyl sites for hydroxylation is 2. The zero-order chi connectivity index (χ0) is 13.1. The van der Waals surface area contributed by atoms with E-state index in [1.165, 1.54) is 17.3 Å². The number of aromatic nitrogens is 1. The summed E-state index contributed by atoms with van der Waals surface area (Å²) < 4.78 is 15.5. The van der Waals surface area contributed by atoms with Gasteiger partial charge in [0.15, 0.2) is 0 Å². The quantitative estimate of drug-likeness (QED) is 0.804. The Bertz CT molecular complexity index is 543.